The van der Waals surface area contributed by atoms with E-state index in [1.165, 1.54) is 12.3 Å². The van der Waals surface area contributed by atoms with E-state index in [2.05, 4.69) is 15.9 Å². The highest BCUT2D eigenvalue weighted by Crippen LogP contribution is 2.06. The van der Waals surface area contributed by atoms with Crippen LogP contribution in [-0.4, -0.2) is 17.2 Å². The van der Waals surface area contributed by atoms with Gasteiger partial charge in [0.15, 0.2) is 11.9 Å². The number of hydrogen-bond acceptors (Lipinski definition) is 2. The van der Waals surface area contributed by atoms with Crippen LogP contribution in [0.15, 0.2) is 12.3 Å². The van der Waals surface area contributed by atoms with E-state index >= 15 is 0 Å². The van der Waals surface area contributed by atoms with E-state index < -0.39 is 0 Å². The van der Waals surface area contributed by atoms with E-state index in [0.717, 1.165) is 0 Å². The predicted octanol–water partition coefficient (Wildman–Crippen LogP) is 0.863. The Morgan fingerprint density at radius 1 is 1.88 bits per heavy atom. The molecule has 0 radical (unpaired) electrons. The van der Waals surface area contributed by atoms with Crippen molar-refractivity contribution in [2.75, 3.05) is 5.33 Å². The van der Waals surface area contributed by atoms with E-state index in [1.807, 2.05) is 0 Å². The maximum Gasteiger partial charge on any atom is 0.200 e. The molecule has 1 rings (SSSR count). The maximum absolute atomic E-state index is 10.6. The van der Waals surface area contributed by atoms with E-state index in [0.29, 0.717) is 5.33 Å². The second-order valence-corrected chi connectivity index (χ2v) is 2.13. The lowest BCUT2D eigenvalue weighted by Crippen LogP contribution is -2.16. The molecule has 1 aliphatic heterocycles. The molecule has 0 amide bonds. The van der Waals surface area contributed by atoms with Crippen LogP contribution in [0, 0.1) is 0 Å². The summed E-state index contributed by atoms with van der Waals surface area (Å²) in [6.07, 6.45) is 2.59. The summed E-state index contributed by atoms with van der Waals surface area (Å²) in [4.78, 5) is 10.6. The summed E-state index contributed by atoms with van der Waals surface area (Å²) >= 11 is 3.13. The fourth-order valence-corrected chi connectivity index (χ4v) is 0.960. The zero-order valence-corrected chi connectivity index (χ0v) is 5.72. The third-order valence-corrected chi connectivity index (χ3v) is 1.52. The number of hydrogen-bond donors (Lipinski definition) is 0. The molecule has 1 heterocycles. The minimum Gasteiger partial charge on any atom is -0.489 e. The molecule has 1 aliphatic rings. The Kier molecular flexibility index (Phi) is 1.68. The number of carbonyl (C=O) groups excluding carboxylic acids is 1. The van der Waals surface area contributed by atoms with Crippen molar-refractivity contribution >= 4 is 21.7 Å². The van der Waals surface area contributed by atoms with Gasteiger partial charge >= 0.3 is 0 Å². The van der Waals surface area contributed by atoms with Crippen LogP contribution in [0.2, 0.25) is 0 Å². The summed E-state index contributed by atoms with van der Waals surface area (Å²) in [5.74, 6) is 0.0434. The number of ketones is 1. The molecule has 3 heteroatoms. The lowest BCUT2D eigenvalue weighted by atomic mass is 10.3. The summed E-state index contributed by atoms with van der Waals surface area (Å²) in [5, 5.41) is 0.582. The molecule has 2 nitrogen and oxygen atoms in total. The minimum absolute atomic E-state index is 0.0434. The molecule has 0 aliphatic carbocycles. The van der Waals surface area contributed by atoms with E-state index in [-0.39, 0.29) is 11.9 Å². The first kappa shape index (κ1) is 5.82. The molecule has 1 atom stereocenters. The van der Waals surface area contributed by atoms with Gasteiger partial charge in [-0.15, -0.1) is 0 Å². The molecule has 0 aromatic rings. The Bertz CT molecular complexity index is 130. The van der Waals surface area contributed by atoms with Gasteiger partial charge in [0.2, 0.25) is 0 Å². The van der Waals surface area contributed by atoms with Crippen molar-refractivity contribution < 1.29 is 9.53 Å². The van der Waals surface area contributed by atoms with Gasteiger partial charge in [-0.2, -0.15) is 0 Å². The molecule has 0 saturated heterocycles. The lowest BCUT2D eigenvalue weighted by molar-refractivity contribution is -0.119. The number of alkyl halides is 1. The summed E-state index contributed by atoms with van der Waals surface area (Å²) in [7, 11) is 0. The largest absolute Gasteiger partial charge is 0.489 e. The average Bonchev–Trinajstić information content (AvgIpc) is 2.14. The van der Waals surface area contributed by atoms with Gasteiger partial charge in [0.25, 0.3) is 0 Å². The Hall–Kier alpha value is -0.310. The van der Waals surface area contributed by atoms with Crippen LogP contribution in [0.25, 0.3) is 0 Å². The highest BCUT2D eigenvalue weighted by Gasteiger charge is 2.18. The fourth-order valence-electron chi connectivity index (χ4n) is 0.488. The third kappa shape index (κ3) is 0.916. The molecule has 0 aromatic carbocycles. The van der Waals surface area contributed by atoms with Gasteiger partial charge in [-0.1, -0.05) is 15.9 Å². The topological polar surface area (TPSA) is 26.3 Å². The van der Waals surface area contributed by atoms with Gasteiger partial charge < -0.3 is 4.74 Å². The van der Waals surface area contributed by atoms with Crippen molar-refractivity contribution in [1.82, 2.24) is 0 Å². The molecule has 0 aromatic heterocycles. The maximum atomic E-state index is 10.6. The first-order chi connectivity index (χ1) is 3.84. The van der Waals surface area contributed by atoms with Gasteiger partial charge in [0, 0.05) is 11.4 Å². The molecule has 44 valence electrons. The molecule has 0 N–H and O–H groups in total. The Labute approximate surface area is 55.6 Å². The molecular weight excluding hydrogens is 172 g/mol. The van der Waals surface area contributed by atoms with Crippen molar-refractivity contribution in [3.05, 3.63) is 12.3 Å². The number of halogens is 1. The van der Waals surface area contributed by atoms with Gasteiger partial charge in [0.1, 0.15) is 0 Å². The quantitative estimate of drug-likeness (QED) is 0.555. The summed E-state index contributed by atoms with van der Waals surface area (Å²) in [6.45, 7) is 0. The van der Waals surface area contributed by atoms with Crippen molar-refractivity contribution in [2.24, 2.45) is 0 Å². The first-order valence-electron chi connectivity index (χ1n) is 2.26. The fraction of sp³-hybridized carbons (Fsp3) is 0.400. The smallest absolute Gasteiger partial charge is 0.200 e. The van der Waals surface area contributed by atoms with Crippen LogP contribution in [0.3, 0.4) is 0 Å². The van der Waals surface area contributed by atoms with E-state index in [1.54, 1.807) is 0 Å². The van der Waals surface area contributed by atoms with Crippen molar-refractivity contribution in [3.63, 3.8) is 0 Å². The summed E-state index contributed by atoms with van der Waals surface area (Å²) in [5.41, 5.74) is 0. The van der Waals surface area contributed by atoms with Crippen molar-refractivity contribution in [2.45, 2.75) is 6.10 Å². The second-order valence-electron chi connectivity index (χ2n) is 1.48. The molecule has 0 bridgehead atoms. The Morgan fingerprint density at radius 2 is 2.62 bits per heavy atom. The number of rotatable bonds is 1. The molecule has 8 heavy (non-hydrogen) atoms. The average molecular weight is 177 g/mol. The third-order valence-electron chi connectivity index (χ3n) is 0.933. The van der Waals surface area contributed by atoms with Crippen molar-refractivity contribution in [1.29, 1.82) is 0 Å². The number of carbonyl (C=O) groups is 1. The predicted molar refractivity (Wildman–Crippen MR) is 32.8 cm³/mol. The van der Waals surface area contributed by atoms with Crippen LogP contribution in [0.4, 0.5) is 0 Å². The highest BCUT2D eigenvalue weighted by molar-refractivity contribution is 9.09. The Morgan fingerprint density at radius 3 is 2.88 bits per heavy atom. The lowest BCUT2D eigenvalue weighted by Gasteiger charge is -2.00. The zero-order valence-electron chi connectivity index (χ0n) is 4.13. The van der Waals surface area contributed by atoms with Crippen LogP contribution < -0.4 is 0 Å². The SMILES string of the molecule is O=C1C=COC1CBr. The van der Waals surface area contributed by atoms with E-state index in [4.69, 9.17) is 4.74 Å². The van der Waals surface area contributed by atoms with Crippen LogP contribution in [-0.2, 0) is 9.53 Å². The zero-order chi connectivity index (χ0) is 5.98. The molecular formula is C5H5BrO2. The standard InChI is InChI=1S/C5H5BrO2/c6-3-5-4(7)1-2-8-5/h1-2,5H,3H2. The molecule has 1 unspecified atom stereocenters. The molecule has 0 fully saturated rings. The molecule has 0 saturated carbocycles. The monoisotopic (exact) mass is 176 g/mol. The highest BCUT2D eigenvalue weighted by atomic mass is 79.9. The Balaban J connectivity index is 2.51. The van der Waals surface area contributed by atoms with Crippen LogP contribution >= 0.6 is 15.9 Å². The van der Waals surface area contributed by atoms with Gasteiger partial charge in [-0.05, 0) is 0 Å². The first-order valence-corrected chi connectivity index (χ1v) is 3.38. The van der Waals surface area contributed by atoms with Crippen LogP contribution in [0.5, 0.6) is 0 Å². The summed E-state index contributed by atoms with van der Waals surface area (Å²) in [6, 6.07) is 0. The number of ether oxygens (including phenoxy) is 1. The van der Waals surface area contributed by atoms with Crippen LogP contribution in [0.1, 0.15) is 0 Å². The van der Waals surface area contributed by atoms with Crippen molar-refractivity contribution in [3.8, 4) is 0 Å². The van der Waals surface area contributed by atoms with Gasteiger partial charge in [-0.3, -0.25) is 4.79 Å². The second kappa shape index (κ2) is 2.31. The summed E-state index contributed by atoms with van der Waals surface area (Å²) < 4.78 is 4.84. The normalized spacial score (nSPS) is 26.1. The van der Waals surface area contributed by atoms with E-state index in [9.17, 15) is 4.79 Å². The van der Waals surface area contributed by atoms with Gasteiger partial charge in [-0.25, -0.2) is 0 Å². The molecule has 0 spiro atoms. The van der Waals surface area contributed by atoms with Gasteiger partial charge in [0.05, 0.1) is 6.26 Å². The minimum atomic E-state index is -0.269.